The number of hydrogen-bond acceptors (Lipinski definition) is 1. The van der Waals surface area contributed by atoms with E-state index in [0.717, 1.165) is 0 Å². The molecule has 0 aliphatic carbocycles. The zero-order chi connectivity index (χ0) is 11.4. The summed E-state index contributed by atoms with van der Waals surface area (Å²) in [6, 6.07) is 0. The van der Waals surface area contributed by atoms with Crippen molar-refractivity contribution in [2.75, 3.05) is 6.26 Å². The summed E-state index contributed by atoms with van der Waals surface area (Å²) in [6.07, 6.45) is 17.0. The molecule has 0 spiro atoms. The molecule has 90 valence electrons. The van der Waals surface area contributed by atoms with Gasteiger partial charge >= 0.3 is 0 Å². The standard InChI is InChI=1S/C14H28S/c1-4-6-7-8-9-10-11-13-14(15-3)12-5-2/h12H,4-11,13H2,1-3H3. The SMILES string of the molecule is CCC=C(CCCCCCCCC)SC. The molecule has 0 radical (unpaired) electrons. The van der Waals surface area contributed by atoms with Gasteiger partial charge in [-0.2, -0.15) is 0 Å². The second kappa shape index (κ2) is 12.2. The Morgan fingerprint density at radius 1 is 0.933 bits per heavy atom. The third-order valence-corrected chi connectivity index (χ3v) is 3.62. The van der Waals surface area contributed by atoms with Gasteiger partial charge in [0.2, 0.25) is 0 Å². The van der Waals surface area contributed by atoms with E-state index in [4.69, 9.17) is 0 Å². The Kier molecular flexibility index (Phi) is 12.2. The molecule has 1 heteroatoms. The fourth-order valence-corrected chi connectivity index (χ4v) is 2.45. The molecule has 0 aromatic rings. The van der Waals surface area contributed by atoms with E-state index >= 15 is 0 Å². The topological polar surface area (TPSA) is 0 Å². The second-order valence-electron chi connectivity index (χ2n) is 4.15. The maximum Gasteiger partial charge on any atom is -0.0140 e. The van der Waals surface area contributed by atoms with Crippen LogP contribution in [0.4, 0.5) is 0 Å². The summed E-state index contributed by atoms with van der Waals surface area (Å²) < 4.78 is 0. The van der Waals surface area contributed by atoms with Gasteiger partial charge in [-0.3, -0.25) is 0 Å². The second-order valence-corrected chi connectivity index (χ2v) is 5.09. The van der Waals surface area contributed by atoms with Crippen LogP contribution in [0, 0.1) is 0 Å². The molecule has 0 N–H and O–H groups in total. The van der Waals surface area contributed by atoms with Gasteiger partial charge < -0.3 is 0 Å². The Morgan fingerprint density at radius 2 is 1.53 bits per heavy atom. The lowest BCUT2D eigenvalue weighted by Crippen LogP contribution is -1.82. The number of rotatable bonds is 10. The first-order valence-electron chi connectivity index (χ1n) is 6.58. The molecule has 0 rings (SSSR count). The third-order valence-electron chi connectivity index (χ3n) is 2.72. The van der Waals surface area contributed by atoms with Crippen LogP contribution >= 0.6 is 11.8 Å². The van der Waals surface area contributed by atoms with Crippen molar-refractivity contribution in [3.8, 4) is 0 Å². The Balaban J connectivity index is 3.25. The zero-order valence-electron chi connectivity index (χ0n) is 10.8. The molecule has 0 saturated carbocycles. The summed E-state index contributed by atoms with van der Waals surface area (Å²) in [5.41, 5.74) is 0. The fourth-order valence-electron chi connectivity index (χ4n) is 1.77. The Hall–Kier alpha value is 0.0900. The zero-order valence-corrected chi connectivity index (χ0v) is 11.7. The molecule has 0 aromatic heterocycles. The highest BCUT2D eigenvalue weighted by atomic mass is 32.2. The van der Waals surface area contributed by atoms with Crippen molar-refractivity contribution < 1.29 is 0 Å². The van der Waals surface area contributed by atoms with Gasteiger partial charge in [0.1, 0.15) is 0 Å². The maximum absolute atomic E-state index is 2.38. The quantitative estimate of drug-likeness (QED) is 0.427. The minimum atomic E-state index is 1.19. The summed E-state index contributed by atoms with van der Waals surface area (Å²) >= 11 is 1.93. The summed E-state index contributed by atoms with van der Waals surface area (Å²) in [6.45, 7) is 4.50. The van der Waals surface area contributed by atoms with E-state index in [0.29, 0.717) is 0 Å². The van der Waals surface area contributed by atoms with Crippen LogP contribution in [0.1, 0.15) is 71.6 Å². The van der Waals surface area contributed by atoms with Crippen molar-refractivity contribution in [1.29, 1.82) is 0 Å². The van der Waals surface area contributed by atoms with E-state index < -0.39 is 0 Å². The Bertz CT molecular complexity index is 149. The predicted octanol–water partition coefficient (Wildman–Crippen LogP) is 5.78. The monoisotopic (exact) mass is 228 g/mol. The lowest BCUT2D eigenvalue weighted by atomic mass is 10.1. The molecule has 0 aliphatic rings. The molecule has 0 amide bonds. The van der Waals surface area contributed by atoms with Crippen LogP contribution in [0.3, 0.4) is 0 Å². The van der Waals surface area contributed by atoms with E-state index in [1.807, 2.05) is 11.8 Å². The lowest BCUT2D eigenvalue weighted by Gasteiger charge is -2.04. The minimum Gasteiger partial charge on any atom is -0.134 e. The summed E-state index contributed by atoms with van der Waals surface area (Å²) in [5.74, 6) is 0. The van der Waals surface area contributed by atoms with Gasteiger partial charge in [-0.25, -0.2) is 0 Å². The van der Waals surface area contributed by atoms with Crippen LogP contribution in [0.2, 0.25) is 0 Å². The number of unbranched alkanes of at least 4 members (excludes halogenated alkanes) is 6. The number of allylic oxidation sites excluding steroid dienone is 2. The van der Waals surface area contributed by atoms with Crippen molar-refractivity contribution >= 4 is 11.8 Å². The molecule has 0 aliphatic heterocycles. The number of thioether (sulfide) groups is 1. The van der Waals surface area contributed by atoms with Gasteiger partial charge in [-0.15, -0.1) is 11.8 Å². The van der Waals surface area contributed by atoms with Crippen LogP contribution in [0.25, 0.3) is 0 Å². The maximum atomic E-state index is 2.38. The van der Waals surface area contributed by atoms with Crippen LogP contribution in [0.15, 0.2) is 11.0 Å². The highest BCUT2D eigenvalue weighted by Gasteiger charge is 1.95. The fraction of sp³-hybridized carbons (Fsp3) is 0.857. The van der Waals surface area contributed by atoms with Crippen LogP contribution in [-0.4, -0.2) is 6.26 Å². The number of hydrogen-bond donors (Lipinski definition) is 0. The van der Waals surface area contributed by atoms with E-state index in [1.165, 1.54) is 57.8 Å². The summed E-state index contributed by atoms with van der Waals surface area (Å²) in [7, 11) is 0. The molecule has 0 nitrogen and oxygen atoms in total. The molecule has 0 atom stereocenters. The lowest BCUT2D eigenvalue weighted by molar-refractivity contribution is 0.591. The molecule has 0 saturated heterocycles. The summed E-state index contributed by atoms with van der Waals surface area (Å²) in [4.78, 5) is 1.59. The molecule has 0 fully saturated rings. The van der Waals surface area contributed by atoms with E-state index in [9.17, 15) is 0 Å². The largest absolute Gasteiger partial charge is 0.134 e. The smallest absolute Gasteiger partial charge is 0.0140 e. The van der Waals surface area contributed by atoms with Gasteiger partial charge in [0.25, 0.3) is 0 Å². The molecule has 0 aromatic carbocycles. The van der Waals surface area contributed by atoms with Gasteiger partial charge in [-0.05, 0) is 30.4 Å². The molecule has 0 heterocycles. The van der Waals surface area contributed by atoms with Gasteiger partial charge in [0, 0.05) is 0 Å². The molecule has 15 heavy (non-hydrogen) atoms. The highest BCUT2D eigenvalue weighted by molar-refractivity contribution is 8.02. The average Bonchev–Trinajstić information content (AvgIpc) is 2.26. The molecule has 0 bridgehead atoms. The highest BCUT2D eigenvalue weighted by Crippen LogP contribution is 2.20. The van der Waals surface area contributed by atoms with Crippen molar-refractivity contribution in [2.45, 2.75) is 71.6 Å². The van der Waals surface area contributed by atoms with Gasteiger partial charge in [0.15, 0.2) is 0 Å². The van der Waals surface area contributed by atoms with Gasteiger partial charge in [0.05, 0.1) is 0 Å². The van der Waals surface area contributed by atoms with Crippen LogP contribution in [-0.2, 0) is 0 Å². The van der Waals surface area contributed by atoms with E-state index in [-0.39, 0.29) is 0 Å². The van der Waals surface area contributed by atoms with Crippen LogP contribution < -0.4 is 0 Å². The van der Waals surface area contributed by atoms with Crippen molar-refractivity contribution in [1.82, 2.24) is 0 Å². The normalized spacial score (nSPS) is 12.1. The minimum absolute atomic E-state index is 1.19. The first kappa shape index (κ1) is 15.1. The molecule has 0 unspecified atom stereocenters. The van der Waals surface area contributed by atoms with E-state index in [2.05, 4.69) is 26.2 Å². The van der Waals surface area contributed by atoms with Crippen molar-refractivity contribution in [3.05, 3.63) is 11.0 Å². The third kappa shape index (κ3) is 10.4. The first-order valence-corrected chi connectivity index (χ1v) is 7.80. The van der Waals surface area contributed by atoms with Crippen LogP contribution in [0.5, 0.6) is 0 Å². The van der Waals surface area contributed by atoms with E-state index in [1.54, 1.807) is 4.91 Å². The van der Waals surface area contributed by atoms with Crippen molar-refractivity contribution in [2.24, 2.45) is 0 Å². The molecular weight excluding hydrogens is 200 g/mol. The Labute approximate surface area is 101 Å². The van der Waals surface area contributed by atoms with Gasteiger partial charge in [-0.1, -0.05) is 58.4 Å². The summed E-state index contributed by atoms with van der Waals surface area (Å²) in [5, 5.41) is 0. The van der Waals surface area contributed by atoms with Crippen molar-refractivity contribution in [3.63, 3.8) is 0 Å². The Morgan fingerprint density at radius 3 is 2.07 bits per heavy atom. The molecular formula is C14H28S. The average molecular weight is 228 g/mol. The predicted molar refractivity (Wildman–Crippen MR) is 74.5 cm³/mol. The first-order chi connectivity index (χ1) is 7.35.